The van der Waals surface area contributed by atoms with Gasteiger partial charge < -0.3 is 20.7 Å². The number of halogens is 2. The number of alkyl carbamates (subject to hydrolysis) is 1. The van der Waals surface area contributed by atoms with E-state index in [1.165, 1.54) is 10.6 Å². The summed E-state index contributed by atoms with van der Waals surface area (Å²) in [5.41, 5.74) is -0.874. The molecule has 0 radical (unpaired) electrons. The molecule has 1 atom stereocenters. The van der Waals surface area contributed by atoms with Crippen LogP contribution in [0.4, 0.5) is 19.7 Å². The van der Waals surface area contributed by atoms with E-state index in [4.69, 9.17) is 16.3 Å². The summed E-state index contributed by atoms with van der Waals surface area (Å²) in [5, 5.41) is 7.85. The first-order chi connectivity index (χ1) is 16.4. The average Bonchev–Trinajstić information content (AvgIpc) is 2.74. The van der Waals surface area contributed by atoms with Gasteiger partial charge in [0.1, 0.15) is 22.8 Å². The fraction of sp³-hybridized carbons (Fsp3) is 0.333. The highest BCUT2D eigenvalue weighted by Crippen LogP contribution is 2.26. The molecule has 11 heteroatoms. The maximum Gasteiger partial charge on any atom is 0.408 e. The zero-order chi connectivity index (χ0) is 25.9. The van der Waals surface area contributed by atoms with Crippen molar-refractivity contribution in [1.82, 2.24) is 20.2 Å². The van der Waals surface area contributed by atoms with Crippen molar-refractivity contribution in [2.45, 2.75) is 46.3 Å². The van der Waals surface area contributed by atoms with Gasteiger partial charge >= 0.3 is 12.1 Å². The van der Waals surface area contributed by atoms with Crippen molar-refractivity contribution in [2.24, 2.45) is 0 Å². The van der Waals surface area contributed by atoms with Crippen LogP contribution >= 0.6 is 11.6 Å². The van der Waals surface area contributed by atoms with Gasteiger partial charge in [0, 0.05) is 12.2 Å². The molecule has 3 aromatic rings. The number of ether oxygens (including phenoxy) is 1. The largest absolute Gasteiger partial charge is 0.444 e. The van der Waals surface area contributed by atoms with Gasteiger partial charge in [0.15, 0.2) is 0 Å². The topological polar surface area (TPSA) is 114 Å². The fourth-order valence-corrected chi connectivity index (χ4v) is 3.62. The van der Waals surface area contributed by atoms with Crippen molar-refractivity contribution < 1.29 is 18.7 Å². The van der Waals surface area contributed by atoms with Gasteiger partial charge in [0.05, 0.1) is 22.1 Å². The number of anilines is 1. The highest BCUT2D eigenvalue weighted by Gasteiger charge is 2.24. The van der Waals surface area contributed by atoms with Gasteiger partial charge in [-0.05, 0) is 65.0 Å². The number of urea groups is 1. The summed E-state index contributed by atoms with van der Waals surface area (Å²) in [6.07, 6.45) is -0.732. The predicted octanol–water partition coefficient (Wildman–Crippen LogP) is 4.91. The van der Waals surface area contributed by atoms with Crippen LogP contribution in [0.15, 0.2) is 41.2 Å². The van der Waals surface area contributed by atoms with E-state index >= 15 is 0 Å². The third-order valence-corrected chi connectivity index (χ3v) is 5.09. The van der Waals surface area contributed by atoms with Gasteiger partial charge in [0.2, 0.25) is 0 Å². The van der Waals surface area contributed by atoms with Crippen LogP contribution in [-0.2, 0) is 4.74 Å². The molecule has 0 aliphatic carbocycles. The predicted molar refractivity (Wildman–Crippen MR) is 133 cm³/mol. The Hall–Kier alpha value is -3.66. The third-order valence-electron chi connectivity index (χ3n) is 4.77. The maximum atomic E-state index is 14.7. The molecule has 1 unspecified atom stereocenters. The van der Waals surface area contributed by atoms with E-state index in [1.54, 1.807) is 58.9 Å². The molecule has 2 aromatic carbocycles. The normalized spacial score (nSPS) is 12.2. The van der Waals surface area contributed by atoms with E-state index in [0.29, 0.717) is 17.9 Å². The molecule has 0 saturated heterocycles. The molecule has 0 spiro atoms. The lowest BCUT2D eigenvalue weighted by Crippen LogP contribution is -2.37. The minimum absolute atomic E-state index is 0.0311. The summed E-state index contributed by atoms with van der Waals surface area (Å²) in [4.78, 5) is 42.4. The van der Waals surface area contributed by atoms with Crippen LogP contribution in [0.25, 0.3) is 16.6 Å². The van der Waals surface area contributed by atoms with Crippen molar-refractivity contribution in [3.8, 4) is 5.69 Å². The highest BCUT2D eigenvalue weighted by molar-refractivity contribution is 6.35. The van der Waals surface area contributed by atoms with E-state index in [9.17, 15) is 18.8 Å². The molecule has 1 heterocycles. The number of hydrogen-bond acceptors (Lipinski definition) is 5. The Morgan fingerprint density at radius 2 is 1.94 bits per heavy atom. The first-order valence-corrected chi connectivity index (χ1v) is 11.3. The molecule has 0 saturated carbocycles. The van der Waals surface area contributed by atoms with Crippen LogP contribution < -0.4 is 21.5 Å². The third kappa shape index (κ3) is 6.07. The van der Waals surface area contributed by atoms with Gasteiger partial charge in [-0.1, -0.05) is 17.7 Å². The minimum Gasteiger partial charge on any atom is -0.444 e. The van der Waals surface area contributed by atoms with Gasteiger partial charge in [-0.3, -0.25) is 9.36 Å². The maximum absolute atomic E-state index is 14.7. The fourth-order valence-electron chi connectivity index (χ4n) is 3.38. The number of hydrogen-bond donors (Lipinski definition) is 3. The summed E-state index contributed by atoms with van der Waals surface area (Å²) >= 11 is 6.24. The highest BCUT2D eigenvalue weighted by atomic mass is 35.5. The average molecular weight is 504 g/mol. The monoisotopic (exact) mass is 503 g/mol. The van der Waals surface area contributed by atoms with Crippen molar-refractivity contribution in [1.29, 1.82) is 0 Å². The standard InChI is InChI=1S/C24H27ClFN5O4/c1-6-27-22(33)29-14-8-7-9-15(12-14)31-20(13(2)28-23(34)35-24(3,4)5)30-19-17(26)11-10-16(25)18(19)21(31)32/h7-13H,6H2,1-5H3,(H,28,34)(H2,27,29,33). The molecule has 186 valence electrons. The molecule has 0 bridgehead atoms. The van der Waals surface area contributed by atoms with Gasteiger partial charge in [0.25, 0.3) is 5.56 Å². The first kappa shape index (κ1) is 26.0. The molecular weight excluding hydrogens is 477 g/mol. The number of fused-ring (bicyclic) bond motifs is 1. The molecule has 9 nitrogen and oxygen atoms in total. The van der Waals surface area contributed by atoms with Crippen LogP contribution in [0.3, 0.4) is 0 Å². The number of nitrogens with zero attached hydrogens (tertiary/aromatic N) is 2. The second-order valence-electron chi connectivity index (χ2n) is 8.77. The summed E-state index contributed by atoms with van der Waals surface area (Å²) in [5.74, 6) is -0.685. The van der Waals surface area contributed by atoms with Crippen LogP contribution in [0, 0.1) is 5.82 Å². The SMILES string of the molecule is CCNC(=O)Nc1cccc(-n2c(C(C)NC(=O)OC(C)(C)C)nc3c(F)ccc(Cl)c3c2=O)c1. The molecule has 35 heavy (non-hydrogen) atoms. The van der Waals surface area contributed by atoms with E-state index < -0.39 is 35.1 Å². The van der Waals surface area contributed by atoms with Crippen LogP contribution in [0.5, 0.6) is 0 Å². The van der Waals surface area contributed by atoms with E-state index in [0.717, 1.165) is 6.07 Å². The second-order valence-corrected chi connectivity index (χ2v) is 9.17. The second kappa shape index (κ2) is 10.3. The summed E-state index contributed by atoms with van der Waals surface area (Å²) in [6, 6.07) is 7.58. The number of nitrogens with one attached hydrogen (secondary N) is 3. The van der Waals surface area contributed by atoms with Gasteiger partial charge in [-0.15, -0.1) is 0 Å². The Kier molecular flexibility index (Phi) is 7.64. The van der Waals surface area contributed by atoms with Crippen LogP contribution in [0.1, 0.15) is 46.5 Å². The van der Waals surface area contributed by atoms with Crippen molar-refractivity contribution >= 4 is 40.3 Å². The molecule has 3 rings (SSSR count). The van der Waals surface area contributed by atoms with Crippen molar-refractivity contribution in [3.63, 3.8) is 0 Å². The molecule has 3 amide bonds. The van der Waals surface area contributed by atoms with Crippen LogP contribution in [0.2, 0.25) is 5.02 Å². The Labute approximate surface area is 206 Å². The van der Waals surface area contributed by atoms with Crippen molar-refractivity contribution in [2.75, 3.05) is 11.9 Å². The van der Waals surface area contributed by atoms with Gasteiger partial charge in [-0.25, -0.2) is 19.0 Å². The van der Waals surface area contributed by atoms with E-state index in [1.807, 2.05) is 0 Å². The summed E-state index contributed by atoms with van der Waals surface area (Å²) in [6.45, 7) is 8.95. The molecule has 0 aliphatic rings. The summed E-state index contributed by atoms with van der Waals surface area (Å²) in [7, 11) is 0. The van der Waals surface area contributed by atoms with E-state index in [-0.39, 0.29) is 21.7 Å². The number of aromatic nitrogens is 2. The lowest BCUT2D eigenvalue weighted by atomic mass is 10.2. The van der Waals surface area contributed by atoms with Gasteiger partial charge in [-0.2, -0.15) is 0 Å². The summed E-state index contributed by atoms with van der Waals surface area (Å²) < 4.78 is 21.2. The molecule has 3 N–H and O–H groups in total. The Morgan fingerprint density at radius 1 is 1.23 bits per heavy atom. The lowest BCUT2D eigenvalue weighted by Gasteiger charge is -2.23. The molecular formula is C24H27ClFN5O4. The van der Waals surface area contributed by atoms with Crippen LogP contribution in [-0.4, -0.2) is 33.8 Å². The minimum atomic E-state index is -0.861. The Morgan fingerprint density at radius 3 is 2.60 bits per heavy atom. The number of amides is 3. The number of carbonyl (C=O) groups excluding carboxylic acids is 2. The Bertz CT molecular complexity index is 1340. The molecule has 0 fully saturated rings. The number of carbonyl (C=O) groups is 2. The number of rotatable bonds is 5. The Balaban J connectivity index is 2.19. The lowest BCUT2D eigenvalue weighted by molar-refractivity contribution is 0.0505. The smallest absolute Gasteiger partial charge is 0.408 e. The quantitative estimate of drug-likeness (QED) is 0.458. The first-order valence-electron chi connectivity index (χ1n) is 11.0. The van der Waals surface area contributed by atoms with E-state index in [2.05, 4.69) is 20.9 Å². The molecule has 0 aliphatic heterocycles. The molecule has 1 aromatic heterocycles. The zero-order valence-corrected chi connectivity index (χ0v) is 20.8. The number of benzene rings is 2. The van der Waals surface area contributed by atoms with Crippen molar-refractivity contribution in [3.05, 3.63) is 63.4 Å². The zero-order valence-electron chi connectivity index (χ0n) is 20.0.